The van der Waals surface area contributed by atoms with Gasteiger partial charge in [-0.3, -0.25) is 4.79 Å². The first-order valence-corrected chi connectivity index (χ1v) is 12.4. The molecule has 0 heterocycles. The van der Waals surface area contributed by atoms with Crippen LogP contribution >= 0.6 is 0 Å². The van der Waals surface area contributed by atoms with Crippen LogP contribution in [0.25, 0.3) is 0 Å². The Morgan fingerprint density at radius 1 is 0.960 bits per heavy atom. The van der Waals surface area contributed by atoms with Gasteiger partial charge < -0.3 is 10.4 Å². The molecule has 134 valence electrons. The first kappa shape index (κ1) is 19.4. The molecule has 3 nitrogen and oxygen atoms in total. The van der Waals surface area contributed by atoms with E-state index in [1.807, 2.05) is 67.6 Å². The Labute approximate surface area is 152 Å². The molecular formula is C21H29NO2Si. The van der Waals surface area contributed by atoms with Crippen LogP contribution in [0.4, 0.5) is 0 Å². The maximum Gasteiger partial charge on any atom is 0.220 e. The van der Waals surface area contributed by atoms with Crippen molar-refractivity contribution in [2.24, 2.45) is 0 Å². The first-order chi connectivity index (χ1) is 11.8. The van der Waals surface area contributed by atoms with Crippen LogP contribution in [0.2, 0.25) is 25.2 Å². The summed E-state index contributed by atoms with van der Waals surface area (Å²) in [6.07, 6.45) is -0.256. The number of carbonyl (C=O) groups is 1. The minimum Gasteiger partial charge on any atom is -0.388 e. The van der Waals surface area contributed by atoms with Gasteiger partial charge in [0.1, 0.15) is 0 Å². The van der Waals surface area contributed by atoms with Crippen LogP contribution in [0.15, 0.2) is 60.7 Å². The van der Waals surface area contributed by atoms with Gasteiger partial charge in [0.15, 0.2) is 0 Å². The molecule has 25 heavy (non-hydrogen) atoms. The third kappa shape index (κ3) is 5.55. The van der Waals surface area contributed by atoms with E-state index in [2.05, 4.69) is 25.0 Å². The molecule has 2 N–H and O–H groups in total. The number of hydrogen-bond acceptors (Lipinski definition) is 2. The molecule has 0 aliphatic rings. The highest BCUT2D eigenvalue weighted by Gasteiger charge is 2.35. The fourth-order valence-corrected chi connectivity index (χ4v) is 5.04. The van der Waals surface area contributed by atoms with Crippen molar-refractivity contribution in [3.8, 4) is 0 Å². The molecule has 0 radical (unpaired) electrons. The van der Waals surface area contributed by atoms with Crippen molar-refractivity contribution in [2.45, 2.75) is 50.7 Å². The van der Waals surface area contributed by atoms with E-state index in [9.17, 15) is 9.90 Å². The predicted octanol–water partition coefficient (Wildman–Crippen LogP) is 4.70. The monoisotopic (exact) mass is 355 g/mol. The third-order valence-corrected chi connectivity index (χ3v) is 7.46. The maximum absolute atomic E-state index is 12.6. The van der Waals surface area contributed by atoms with Crippen LogP contribution in [0.5, 0.6) is 0 Å². The fraction of sp³-hybridized carbons (Fsp3) is 0.381. The zero-order valence-electron chi connectivity index (χ0n) is 15.6. The largest absolute Gasteiger partial charge is 0.388 e. The smallest absolute Gasteiger partial charge is 0.220 e. The Bertz CT molecular complexity index is 667. The van der Waals surface area contributed by atoms with E-state index in [0.717, 1.165) is 11.1 Å². The van der Waals surface area contributed by atoms with Gasteiger partial charge >= 0.3 is 0 Å². The molecule has 0 saturated carbocycles. The molecule has 0 spiro atoms. The van der Waals surface area contributed by atoms with Crippen molar-refractivity contribution in [2.75, 3.05) is 0 Å². The predicted molar refractivity (Wildman–Crippen MR) is 106 cm³/mol. The molecule has 2 rings (SSSR count). The highest BCUT2D eigenvalue weighted by molar-refractivity contribution is 6.77. The summed E-state index contributed by atoms with van der Waals surface area (Å²) in [6.45, 7) is 8.61. The summed E-state index contributed by atoms with van der Waals surface area (Å²) in [7, 11) is -1.74. The number of amides is 1. The highest BCUT2D eigenvalue weighted by atomic mass is 28.3. The number of rotatable bonds is 7. The second-order valence-corrected chi connectivity index (χ2v) is 13.2. The first-order valence-electron chi connectivity index (χ1n) is 8.86. The summed E-state index contributed by atoms with van der Waals surface area (Å²) >= 11 is 0. The Balaban J connectivity index is 2.08. The molecule has 0 unspecified atom stereocenters. The van der Waals surface area contributed by atoms with Gasteiger partial charge in [-0.2, -0.15) is 0 Å². The van der Waals surface area contributed by atoms with E-state index in [0.29, 0.717) is 6.42 Å². The van der Waals surface area contributed by atoms with E-state index in [4.69, 9.17) is 0 Å². The van der Waals surface area contributed by atoms with Crippen molar-refractivity contribution >= 4 is 14.0 Å². The van der Waals surface area contributed by atoms with Crippen LogP contribution in [0.1, 0.15) is 36.6 Å². The summed E-state index contributed by atoms with van der Waals surface area (Å²) in [5.41, 5.74) is 1.95. The summed E-state index contributed by atoms with van der Waals surface area (Å²) in [5, 5.41) is 13.9. The number of benzene rings is 2. The highest BCUT2D eigenvalue weighted by Crippen LogP contribution is 2.38. The number of nitrogens with one attached hydrogen (secondary N) is 1. The standard InChI is InChI=1S/C21H29NO2Si/c1-16(17-11-7-5-8-12-17)22-20(23)15-19(25(2,3)4)21(24)18-13-9-6-10-14-18/h5-14,16,19,21,24H,15H2,1-4H3,(H,22,23)/t16-,19-,21+/m0/s1. The molecule has 4 heteroatoms. The maximum atomic E-state index is 12.6. The van der Waals surface area contributed by atoms with Gasteiger partial charge in [0, 0.05) is 6.42 Å². The second kappa shape index (κ2) is 8.45. The Morgan fingerprint density at radius 3 is 1.92 bits per heavy atom. The second-order valence-electron chi connectivity index (χ2n) is 7.73. The van der Waals surface area contributed by atoms with Crippen molar-refractivity contribution < 1.29 is 9.90 Å². The molecule has 0 aliphatic carbocycles. The van der Waals surface area contributed by atoms with Crippen molar-refractivity contribution in [1.29, 1.82) is 0 Å². The summed E-state index contributed by atoms with van der Waals surface area (Å²) < 4.78 is 0. The lowest BCUT2D eigenvalue weighted by Crippen LogP contribution is -2.37. The van der Waals surface area contributed by atoms with E-state index >= 15 is 0 Å². The van der Waals surface area contributed by atoms with Gasteiger partial charge in [-0.05, 0) is 23.6 Å². The Morgan fingerprint density at radius 2 is 1.44 bits per heavy atom. The minimum atomic E-state index is -1.74. The van der Waals surface area contributed by atoms with Crippen molar-refractivity contribution in [3.63, 3.8) is 0 Å². The molecular weight excluding hydrogens is 326 g/mol. The van der Waals surface area contributed by atoms with E-state index in [1.165, 1.54) is 0 Å². The van der Waals surface area contributed by atoms with Gasteiger partial charge in [0.2, 0.25) is 5.91 Å². The lowest BCUT2D eigenvalue weighted by molar-refractivity contribution is -0.122. The number of aliphatic hydroxyl groups excluding tert-OH is 1. The average molecular weight is 356 g/mol. The zero-order chi connectivity index (χ0) is 18.4. The molecule has 2 aromatic carbocycles. The average Bonchev–Trinajstić information content (AvgIpc) is 2.59. The van der Waals surface area contributed by atoms with E-state index in [-0.39, 0.29) is 17.5 Å². The quantitative estimate of drug-likeness (QED) is 0.708. The number of hydrogen-bond donors (Lipinski definition) is 2. The molecule has 1 amide bonds. The Kier molecular flexibility index (Phi) is 6.56. The molecule has 2 aromatic rings. The van der Waals surface area contributed by atoms with Gasteiger partial charge in [-0.25, -0.2) is 0 Å². The van der Waals surface area contributed by atoms with Gasteiger partial charge in [-0.15, -0.1) is 0 Å². The van der Waals surface area contributed by atoms with E-state index < -0.39 is 14.2 Å². The lowest BCUT2D eigenvalue weighted by atomic mass is 10.0. The van der Waals surface area contributed by atoms with Crippen molar-refractivity contribution in [1.82, 2.24) is 5.32 Å². The molecule has 0 aliphatic heterocycles. The summed E-state index contributed by atoms with van der Waals surface area (Å²) in [4.78, 5) is 12.6. The minimum absolute atomic E-state index is 0.00115. The molecule has 0 bridgehead atoms. The number of aliphatic hydroxyl groups is 1. The van der Waals surface area contributed by atoms with Crippen molar-refractivity contribution in [3.05, 3.63) is 71.8 Å². The fourth-order valence-electron chi connectivity index (χ4n) is 3.10. The van der Waals surface area contributed by atoms with Crippen LogP contribution in [-0.2, 0) is 4.79 Å². The number of carbonyl (C=O) groups excluding carboxylic acids is 1. The normalized spacial score (nSPS) is 15.2. The van der Waals surface area contributed by atoms with Crippen LogP contribution in [-0.4, -0.2) is 19.1 Å². The topological polar surface area (TPSA) is 49.3 Å². The van der Waals surface area contributed by atoms with Gasteiger partial charge in [-0.1, -0.05) is 80.3 Å². The molecule has 0 saturated heterocycles. The van der Waals surface area contributed by atoms with Crippen LogP contribution < -0.4 is 5.32 Å². The zero-order valence-corrected chi connectivity index (χ0v) is 16.6. The van der Waals surface area contributed by atoms with E-state index in [1.54, 1.807) is 0 Å². The van der Waals surface area contributed by atoms with Gasteiger partial charge in [0.05, 0.1) is 20.2 Å². The Hall–Kier alpha value is -1.91. The SMILES string of the molecule is C[C@H](NC(=O)C[C@@H]([C@H](O)c1ccccc1)[Si](C)(C)C)c1ccccc1. The summed E-state index contributed by atoms with van der Waals surface area (Å²) in [5.74, 6) is -0.00115. The molecule has 3 atom stereocenters. The lowest BCUT2D eigenvalue weighted by Gasteiger charge is -2.33. The summed E-state index contributed by atoms with van der Waals surface area (Å²) in [6, 6.07) is 19.6. The third-order valence-electron chi connectivity index (χ3n) is 4.72. The molecule has 0 fully saturated rings. The van der Waals surface area contributed by atoms with Gasteiger partial charge in [0.25, 0.3) is 0 Å². The molecule has 0 aromatic heterocycles. The van der Waals surface area contributed by atoms with Crippen LogP contribution in [0, 0.1) is 0 Å². The van der Waals surface area contributed by atoms with Crippen LogP contribution in [0.3, 0.4) is 0 Å².